The third-order valence-corrected chi connectivity index (χ3v) is 5.96. The molecule has 0 saturated carbocycles. The Balaban J connectivity index is 1.51. The third kappa shape index (κ3) is 2.65. The number of nitrogens with zero attached hydrogens (tertiary/aromatic N) is 8. The molecule has 2 aromatic carbocycles. The first-order valence-electron chi connectivity index (χ1n) is 10.5. The molecule has 2 aliphatic rings. The molecule has 10 heteroatoms. The van der Waals surface area contributed by atoms with Crippen molar-refractivity contribution >= 4 is 22.9 Å². The summed E-state index contributed by atoms with van der Waals surface area (Å²) >= 11 is 0. The maximum absolute atomic E-state index is 5.68. The largest absolute Gasteiger partial charge is 0.496 e. The van der Waals surface area contributed by atoms with Crippen LogP contribution < -0.4 is 20.0 Å². The van der Waals surface area contributed by atoms with Gasteiger partial charge >= 0.3 is 0 Å². The predicted molar refractivity (Wildman–Crippen MR) is 121 cm³/mol. The number of nitrogens with one attached hydrogen (secondary N) is 1. The van der Waals surface area contributed by atoms with Gasteiger partial charge < -0.3 is 10.1 Å². The van der Waals surface area contributed by atoms with Gasteiger partial charge in [0.25, 0.3) is 0 Å². The molecule has 4 aromatic rings. The summed E-state index contributed by atoms with van der Waals surface area (Å²) in [7, 11) is 1.70. The average Bonchev–Trinajstić information content (AvgIpc) is 3.38. The first kappa shape index (κ1) is 18.7. The van der Waals surface area contributed by atoms with E-state index in [1.165, 1.54) is 0 Å². The molecular weight excluding hydrogens is 406 g/mol. The second-order valence-corrected chi connectivity index (χ2v) is 7.86. The zero-order chi connectivity index (χ0) is 21.8. The molecule has 0 amide bonds. The Labute approximate surface area is 184 Å². The van der Waals surface area contributed by atoms with Crippen LogP contribution in [0, 0.1) is 13.8 Å². The molecule has 32 heavy (non-hydrogen) atoms. The number of aryl methyl sites for hydroxylation is 2. The molecule has 162 valence electrons. The van der Waals surface area contributed by atoms with E-state index in [-0.39, 0.29) is 6.17 Å². The van der Waals surface area contributed by atoms with Crippen molar-refractivity contribution in [3.05, 3.63) is 65.7 Å². The third-order valence-electron chi connectivity index (χ3n) is 5.96. The summed E-state index contributed by atoms with van der Waals surface area (Å²) in [5, 5.41) is 14.1. The van der Waals surface area contributed by atoms with Gasteiger partial charge in [-0.1, -0.05) is 30.3 Å². The van der Waals surface area contributed by atoms with Gasteiger partial charge in [0.2, 0.25) is 11.9 Å². The van der Waals surface area contributed by atoms with Gasteiger partial charge in [0.15, 0.2) is 0 Å². The number of rotatable bonds is 3. The Morgan fingerprint density at radius 1 is 1.00 bits per heavy atom. The summed E-state index contributed by atoms with van der Waals surface area (Å²) in [6, 6.07) is 16.2. The number of ether oxygens (including phenoxy) is 1. The minimum absolute atomic E-state index is 0.200. The number of aromatic nitrogens is 5. The van der Waals surface area contributed by atoms with Crippen LogP contribution in [0.2, 0.25) is 0 Å². The van der Waals surface area contributed by atoms with E-state index in [0.29, 0.717) is 13.3 Å². The molecule has 0 saturated heterocycles. The minimum Gasteiger partial charge on any atom is -0.496 e. The van der Waals surface area contributed by atoms with Crippen LogP contribution in [-0.4, -0.2) is 50.8 Å². The van der Waals surface area contributed by atoms with Gasteiger partial charge in [-0.05, 0) is 32.0 Å². The van der Waals surface area contributed by atoms with Crippen LogP contribution in [0.5, 0.6) is 5.75 Å². The quantitative estimate of drug-likeness (QED) is 0.534. The maximum Gasteiger partial charge on any atom is 0.217 e. The van der Waals surface area contributed by atoms with E-state index in [4.69, 9.17) is 14.7 Å². The standard InChI is InChI=1S/C22H23N9O/c1-14-26-27-15(2)31(14)28-12-23-21-25-20(16-8-4-7-11-19(16)32-3)30-18-10-6-5-9-17(18)24-22(30)29(21)13-28/h4-11,20H,12-13H2,1-3H3,(H,23,25)/t20-/m1/s1. The van der Waals surface area contributed by atoms with Crippen molar-refractivity contribution < 1.29 is 4.74 Å². The lowest BCUT2D eigenvalue weighted by molar-refractivity contribution is 0.396. The molecule has 0 fully saturated rings. The number of para-hydroxylation sites is 3. The van der Waals surface area contributed by atoms with Crippen LogP contribution in [0.4, 0.5) is 5.95 Å². The van der Waals surface area contributed by atoms with Crippen LogP contribution in [0.3, 0.4) is 0 Å². The van der Waals surface area contributed by atoms with Gasteiger partial charge in [-0.25, -0.2) is 14.7 Å². The van der Waals surface area contributed by atoms with Crippen LogP contribution in [0.1, 0.15) is 23.4 Å². The summed E-state index contributed by atoms with van der Waals surface area (Å²) < 4.78 is 9.89. The van der Waals surface area contributed by atoms with E-state index in [0.717, 1.165) is 45.9 Å². The maximum atomic E-state index is 5.68. The number of fused-ring (bicyclic) bond motifs is 5. The number of aliphatic imine (C=N–C) groups is 1. The summed E-state index contributed by atoms with van der Waals surface area (Å²) in [5.74, 6) is 4.07. The Morgan fingerprint density at radius 2 is 1.75 bits per heavy atom. The number of methoxy groups -OCH3 is 1. The molecular formula is C22H23N9O. The van der Waals surface area contributed by atoms with Crippen LogP contribution in [0.25, 0.3) is 11.0 Å². The molecule has 1 atom stereocenters. The lowest BCUT2D eigenvalue weighted by Crippen LogP contribution is -2.60. The van der Waals surface area contributed by atoms with Gasteiger partial charge in [0.1, 0.15) is 36.9 Å². The minimum atomic E-state index is -0.200. The highest BCUT2D eigenvalue weighted by Gasteiger charge is 2.37. The normalized spacial score (nSPS) is 17.6. The van der Waals surface area contributed by atoms with E-state index >= 15 is 0 Å². The zero-order valence-corrected chi connectivity index (χ0v) is 18.1. The highest BCUT2D eigenvalue weighted by atomic mass is 16.5. The van der Waals surface area contributed by atoms with E-state index < -0.39 is 0 Å². The molecule has 2 aromatic heterocycles. The summed E-state index contributed by atoms with van der Waals surface area (Å²) in [6.07, 6.45) is -0.200. The fourth-order valence-corrected chi connectivity index (χ4v) is 4.56. The first-order chi connectivity index (χ1) is 15.7. The highest BCUT2D eigenvalue weighted by Crippen LogP contribution is 2.36. The van der Waals surface area contributed by atoms with Crippen LogP contribution >= 0.6 is 0 Å². The molecule has 4 heterocycles. The van der Waals surface area contributed by atoms with Gasteiger partial charge in [0.05, 0.1) is 18.1 Å². The molecule has 6 rings (SSSR count). The van der Waals surface area contributed by atoms with Gasteiger partial charge in [-0.3, -0.25) is 14.5 Å². The summed E-state index contributed by atoms with van der Waals surface area (Å²) in [5.41, 5.74) is 2.99. The van der Waals surface area contributed by atoms with Crippen molar-refractivity contribution in [3.8, 4) is 5.75 Å². The van der Waals surface area contributed by atoms with Crippen molar-refractivity contribution in [1.82, 2.24) is 29.7 Å². The Bertz CT molecular complexity index is 1340. The predicted octanol–water partition coefficient (Wildman–Crippen LogP) is 2.13. The lowest BCUT2D eigenvalue weighted by Gasteiger charge is -2.42. The zero-order valence-electron chi connectivity index (χ0n) is 18.1. The monoisotopic (exact) mass is 429 g/mol. The first-order valence-corrected chi connectivity index (χ1v) is 10.5. The highest BCUT2D eigenvalue weighted by molar-refractivity contribution is 5.99. The van der Waals surface area contributed by atoms with Crippen molar-refractivity contribution in [3.63, 3.8) is 0 Å². The van der Waals surface area contributed by atoms with Crippen molar-refractivity contribution in [1.29, 1.82) is 0 Å². The lowest BCUT2D eigenvalue weighted by atomic mass is 10.1. The summed E-state index contributed by atoms with van der Waals surface area (Å²) in [4.78, 5) is 11.9. The van der Waals surface area contributed by atoms with E-state index in [1.807, 2.05) is 54.9 Å². The number of hydrogen-bond donors (Lipinski definition) is 1. The number of hydrogen-bond acceptors (Lipinski definition) is 8. The number of benzene rings is 2. The number of imidazole rings is 1. The molecule has 0 spiro atoms. The fourth-order valence-electron chi connectivity index (χ4n) is 4.56. The van der Waals surface area contributed by atoms with Crippen LogP contribution in [-0.2, 0) is 0 Å². The smallest absolute Gasteiger partial charge is 0.217 e. The van der Waals surface area contributed by atoms with Crippen molar-refractivity contribution in [2.75, 3.05) is 30.4 Å². The molecule has 0 unspecified atom stereocenters. The topological polar surface area (TPSA) is 88.6 Å². The fraction of sp³-hybridized carbons (Fsp3) is 0.273. The average molecular weight is 429 g/mol. The Hall–Kier alpha value is -4.08. The molecule has 0 bridgehead atoms. The van der Waals surface area contributed by atoms with Gasteiger partial charge in [-0.15, -0.1) is 10.2 Å². The molecule has 0 aliphatic carbocycles. The summed E-state index contributed by atoms with van der Waals surface area (Å²) in [6.45, 7) is 4.94. The number of anilines is 1. The van der Waals surface area contributed by atoms with Gasteiger partial charge in [-0.2, -0.15) is 0 Å². The molecule has 10 nitrogen and oxygen atoms in total. The molecule has 0 radical (unpaired) electrons. The molecule has 2 aliphatic heterocycles. The van der Waals surface area contributed by atoms with Crippen molar-refractivity contribution in [2.24, 2.45) is 4.99 Å². The molecule has 1 N–H and O–H groups in total. The Morgan fingerprint density at radius 3 is 2.56 bits per heavy atom. The van der Waals surface area contributed by atoms with E-state index in [2.05, 4.69) is 42.1 Å². The van der Waals surface area contributed by atoms with Gasteiger partial charge in [0, 0.05) is 5.56 Å². The second kappa shape index (κ2) is 6.98. The number of guanidine groups is 1. The SMILES string of the molecule is COc1ccccc1[C@@H]1NC2=NCN(n3c(C)nnc3C)CN2c2nc3ccccc3n21. The Kier molecular flexibility index (Phi) is 4.07. The van der Waals surface area contributed by atoms with Crippen molar-refractivity contribution in [2.45, 2.75) is 20.0 Å². The van der Waals surface area contributed by atoms with E-state index in [9.17, 15) is 0 Å². The van der Waals surface area contributed by atoms with E-state index in [1.54, 1.807) is 7.11 Å². The second-order valence-electron chi connectivity index (χ2n) is 7.86. The van der Waals surface area contributed by atoms with Crippen LogP contribution in [0.15, 0.2) is 53.5 Å².